The number of tetrazole rings is 1. The van der Waals surface area contributed by atoms with Crippen molar-refractivity contribution in [2.45, 2.75) is 32.9 Å². The molecule has 0 spiro atoms. The number of carbonyl (C=O) groups excluding carboxylic acids is 1. The summed E-state index contributed by atoms with van der Waals surface area (Å²) in [6, 6.07) is 9.05. The second-order valence-corrected chi connectivity index (χ2v) is 5.21. The molecule has 2 N–H and O–H groups in total. The van der Waals surface area contributed by atoms with E-state index in [1.807, 2.05) is 44.2 Å². The summed E-state index contributed by atoms with van der Waals surface area (Å²) in [5.74, 6) is 0.823. The van der Waals surface area contributed by atoms with Crippen LogP contribution in [0.3, 0.4) is 0 Å². The fourth-order valence-corrected chi connectivity index (χ4v) is 1.91. The van der Waals surface area contributed by atoms with Gasteiger partial charge < -0.3 is 5.73 Å². The average molecular weight is 273 g/mol. The van der Waals surface area contributed by atoms with Gasteiger partial charge in [-0.05, 0) is 17.6 Å². The van der Waals surface area contributed by atoms with Crippen molar-refractivity contribution in [3.8, 4) is 11.4 Å². The van der Waals surface area contributed by atoms with Crippen molar-refractivity contribution in [3.63, 3.8) is 0 Å². The summed E-state index contributed by atoms with van der Waals surface area (Å²) in [6.07, 6.45) is 0.666. The summed E-state index contributed by atoms with van der Waals surface area (Å²) >= 11 is 0. The Balaban J connectivity index is 2.01. The molecule has 0 saturated heterocycles. The third-order valence-electron chi connectivity index (χ3n) is 2.92. The fraction of sp³-hybridized carbons (Fsp3) is 0.429. The van der Waals surface area contributed by atoms with Crippen molar-refractivity contribution in [2.24, 2.45) is 11.7 Å². The zero-order valence-electron chi connectivity index (χ0n) is 11.7. The number of ketones is 1. The molecule has 106 valence electrons. The van der Waals surface area contributed by atoms with Gasteiger partial charge in [0.2, 0.25) is 5.82 Å². The molecule has 6 heteroatoms. The van der Waals surface area contributed by atoms with E-state index in [4.69, 9.17) is 5.73 Å². The Morgan fingerprint density at radius 1 is 1.30 bits per heavy atom. The standard InChI is InChI=1S/C14H19N5O/c1-10(2)8-12(15)13(20)9-19-17-14(16-18-19)11-6-4-3-5-7-11/h3-7,10,12H,8-9,15H2,1-2H3. The van der Waals surface area contributed by atoms with Gasteiger partial charge in [-0.2, -0.15) is 4.80 Å². The van der Waals surface area contributed by atoms with Gasteiger partial charge in [-0.1, -0.05) is 44.2 Å². The van der Waals surface area contributed by atoms with Gasteiger partial charge in [0.15, 0.2) is 5.78 Å². The third kappa shape index (κ3) is 3.71. The number of benzene rings is 1. The monoisotopic (exact) mass is 273 g/mol. The van der Waals surface area contributed by atoms with Gasteiger partial charge >= 0.3 is 0 Å². The molecule has 0 radical (unpaired) electrons. The summed E-state index contributed by atoms with van der Waals surface area (Å²) in [5.41, 5.74) is 6.72. The average Bonchev–Trinajstić information content (AvgIpc) is 2.87. The predicted molar refractivity (Wildman–Crippen MR) is 75.7 cm³/mol. The number of nitrogens with two attached hydrogens (primary N) is 1. The lowest BCUT2D eigenvalue weighted by molar-refractivity contribution is -0.121. The number of hydrogen-bond donors (Lipinski definition) is 1. The van der Waals surface area contributed by atoms with E-state index < -0.39 is 6.04 Å². The molecule has 1 aromatic heterocycles. The molecule has 1 unspecified atom stereocenters. The smallest absolute Gasteiger partial charge is 0.204 e. The third-order valence-corrected chi connectivity index (χ3v) is 2.92. The minimum Gasteiger partial charge on any atom is -0.321 e. The largest absolute Gasteiger partial charge is 0.321 e. The van der Waals surface area contributed by atoms with Crippen molar-refractivity contribution in [1.29, 1.82) is 0 Å². The molecule has 0 amide bonds. The van der Waals surface area contributed by atoms with Crippen molar-refractivity contribution in [2.75, 3.05) is 0 Å². The second kappa shape index (κ2) is 6.38. The first-order valence-electron chi connectivity index (χ1n) is 6.68. The number of nitrogens with zero attached hydrogens (tertiary/aromatic N) is 4. The Kier molecular flexibility index (Phi) is 4.57. The summed E-state index contributed by atoms with van der Waals surface area (Å²) in [5, 5.41) is 12.0. The molecular formula is C14H19N5O. The van der Waals surface area contributed by atoms with E-state index in [-0.39, 0.29) is 12.3 Å². The van der Waals surface area contributed by atoms with Crippen LogP contribution in [0.15, 0.2) is 30.3 Å². The normalized spacial score (nSPS) is 12.6. The highest BCUT2D eigenvalue weighted by Gasteiger charge is 2.17. The number of carbonyl (C=O) groups is 1. The van der Waals surface area contributed by atoms with Gasteiger partial charge in [0.25, 0.3) is 0 Å². The van der Waals surface area contributed by atoms with Gasteiger partial charge in [-0.25, -0.2) is 0 Å². The molecule has 0 saturated carbocycles. The maximum Gasteiger partial charge on any atom is 0.204 e. The summed E-state index contributed by atoms with van der Waals surface area (Å²) in [4.78, 5) is 13.2. The Morgan fingerprint density at radius 2 is 2.00 bits per heavy atom. The molecule has 0 fully saturated rings. The van der Waals surface area contributed by atoms with Crippen LogP contribution in [0.5, 0.6) is 0 Å². The van der Waals surface area contributed by atoms with Gasteiger partial charge in [0, 0.05) is 5.56 Å². The first-order valence-corrected chi connectivity index (χ1v) is 6.68. The fourth-order valence-electron chi connectivity index (χ4n) is 1.91. The van der Waals surface area contributed by atoms with Crippen LogP contribution in [0.4, 0.5) is 0 Å². The Labute approximate surface area is 118 Å². The minimum atomic E-state index is -0.471. The van der Waals surface area contributed by atoms with Crippen LogP contribution in [-0.2, 0) is 11.3 Å². The molecule has 1 heterocycles. The maximum absolute atomic E-state index is 11.9. The number of Topliss-reactive ketones (excluding diaryl/α,β-unsaturated/α-hetero) is 1. The van der Waals surface area contributed by atoms with Crippen LogP contribution in [0, 0.1) is 5.92 Å². The molecule has 6 nitrogen and oxygen atoms in total. The maximum atomic E-state index is 11.9. The lowest BCUT2D eigenvalue weighted by Crippen LogP contribution is -2.35. The van der Waals surface area contributed by atoms with E-state index in [0.29, 0.717) is 18.2 Å². The lowest BCUT2D eigenvalue weighted by Gasteiger charge is -2.11. The van der Waals surface area contributed by atoms with Crippen LogP contribution >= 0.6 is 0 Å². The van der Waals surface area contributed by atoms with Crippen LogP contribution < -0.4 is 5.73 Å². The topological polar surface area (TPSA) is 86.7 Å². The molecule has 1 atom stereocenters. The SMILES string of the molecule is CC(C)CC(N)C(=O)Cn1nnc(-c2ccccc2)n1. The number of aromatic nitrogens is 4. The van der Waals surface area contributed by atoms with E-state index in [1.165, 1.54) is 4.80 Å². The van der Waals surface area contributed by atoms with E-state index >= 15 is 0 Å². The molecule has 2 rings (SSSR count). The first-order chi connectivity index (χ1) is 9.56. The van der Waals surface area contributed by atoms with E-state index in [9.17, 15) is 4.79 Å². The zero-order valence-corrected chi connectivity index (χ0v) is 11.7. The van der Waals surface area contributed by atoms with Crippen molar-refractivity contribution in [3.05, 3.63) is 30.3 Å². The van der Waals surface area contributed by atoms with Gasteiger partial charge in [-0.3, -0.25) is 4.79 Å². The lowest BCUT2D eigenvalue weighted by atomic mass is 10.0. The van der Waals surface area contributed by atoms with Crippen molar-refractivity contribution in [1.82, 2.24) is 20.2 Å². The summed E-state index contributed by atoms with van der Waals surface area (Å²) in [6.45, 7) is 4.14. The first kappa shape index (κ1) is 14.3. The number of rotatable bonds is 6. The Bertz CT molecular complexity index is 564. The Hall–Kier alpha value is -2.08. The molecule has 20 heavy (non-hydrogen) atoms. The molecular weight excluding hydrogens is 254 g/mol. The van der Waals surface area contributed by atoms with Crippen LogP contribution in [-0.4, -0.2) is 32.0 Å². The van der Waals surface area contributed by atoms with E-state index in [2.05, 4.69) is 15.4 Å². The molecule has 0 aliphatic rings. The van der Waals surface area contributed by atoms with E-state index in [0.717, 1.165) is 5.56 Å². The van der Waals surface area contributed by atoms with Crippen LogP contribution in [0.2, 0.25) is 0 Å². The summed E-state index contributed by atoms with van der Waals surface area (Å²) in [7, 11) is 0. The van der Waals surface area contributed by atoms with Crippen LogP contribution in [0.25, 0.3) is 11.4 Å². The minimum absolute atomic E-state index is 0.0632. The quantitative estimate of drug-likeness (QED) is 0.856. The van der Waals surface area contributed by atoms with E-state index in [1.54, 1.807) is 0 Å². The highest BCUT2D eigenvalue weighted by Crippen LogP contribution is 2.12. The van der Waals surface area contributed by atoms with Crippen molar-refractivity contribution >= 4 is 5.78 Å². The molecule has 0 bridgehead atoms. The zero-order chi connectivity index (χ0) is 14.5. The van der Waals surface area contributed by atoms with Gasteiger partial charge in [0.05, 0.1) is 6.04 Å². The summed E-state index contributed by atoms with van der Waals surface area (Å²) < 4.78 is 0. The number of hydrogen-bond acceptors (Lipinski definition) is 5. The molecule has 2 aromatic rings. The van der Waals surface area contributed by atoms with Crippen LogP contribution in [0.1, 0.15) is 20.3 Å². The predicted octanol–water partition coefficient (Wildman–Crippen LogP) is 1.28. The Morgan fingerprint density at radius 3 is 2.65 bits per heavy atom. The van der Waals surface area contributed by atoms with Crippen molar-refractivity contribution < 1.29 is 4.79 Å². The van der Waals surface area contributed by atoms with Gasteiger partial charge in [-0.15, -0.1) is 10.2 Å². The highest BCUT2D eigenvalue weighted by molar-refractivity contribution is 5.83. The molecule has 1 aromatic carbocycles. The molecule has 0 aliphatic carbocycles. The van der Waals surface area contributed by atoms with Gasteiger partial charge in [0.1, 0.15) is 6.54 Å². The second-order valence-electron chi connectivity index (χ2n) is 5.21. The highest BCUT2D eigenvalue weighted by atomic mass is 16.1. The molecule has 0 aliphatic heterocycles.